The van der Waals surface area contributed by atoms with Gasteiger partial charge in [0.1, 0.15) is 0 Å². The van der Waals surface area contributed by atoms with Gasteiger partial charge in [-0.1, -0.05) is 18.6 Å². The zero-order valence-corrected chi connectivity index (χ0v) is 8.27. The van der Waals surface area contributed by atoms with Crippen LogP contribution in [0.15, 0.2) is 12.1 Å². The number of allylic oxidation sites excluding steroid dienone is 1. The highest BCUT2D eigenvalue weighted by Gasteiger charge is 2.04. The molecule has 1 N–H and O–H groups in total. The molecule has 2 rings (SSSR count). The van der Waals surface area contributed by atoms with E-state index in [1.807, 2.05) is 0 Å². The lowest BCUT2D eigenvalue weighted by atomic mass is 10.1. The van der Waals surface area contributed by atoms with Crippen molar-refractivity contribution in [3.8, 4) is 0 Å². The minimum atomic E-state index is 1.22. The fraction of sp³-hybridized carbons (Fsp3) is 0.500. The molecule has 1 nitrogen and oxygen atoms in total. The number of rotatable bonds is 0. The summed E-state index contributed by atoms with van der Waals surface area (Å²) in [6.07, 6.45) is 11.1. The van der Waals surface area contributed by atoms with Crippen molar-refractivity contribution in [3.63, 3.8) is 0 Å². The summed E-state index contributed by atoms with van der Waals surface area (Å²) in [5, 5.41) is 0. The van der Waals surface area contributed by atoms with Crippen LogP contribution >= 0.6 is 0 Å². The molecule has 1 heteroatoms. The molecule has 0 atom stereocenters. The van der Waals surface area contributed by atoms with Crippen molar-refractivity contribution >= 4 is 6.08 Å². The summed E-state index contributed by atoms with van der Waals surface area (Å²) in [5.74, 6) is 0. The number of hydrogen-bond acceptors (Lipinski definition) is 0. The van der Waals surface area contributed by atoms with E-state index in [2.05, 4.69) is 30.1 Å². The quantitative estimate of drug-likeness (QED) is 0.621. The Balaban J connectivity index is 2.28. The highest BCUT2D eigenvalue weighted by atomic mass is 14.7. The van der Waals surface area contributed by atoms with Crippen LogP contribution in [0.5, 0.6) is 0 Å². The summed E-state index contributed by atoms with van der Waals surface area (Å²) < 4.78 is 0. The van der Waals surface area contributed by atoms with Gasteiger partial charge in [0.05, 0.1) is 0 Å². The predicted octanol–water partition coefficient (Wildman–Crippen LogP) is 3.45. The Morgan fingerprint density at radius 3 is 3.08 bits per heavy atom. The highest BCUT2D eigenvalue weighted by molar-refractivity contribution is 5.53. The van der Waals surface area contributed by atoms with Crippen molar-refractivity contribution < 1.29 is 0 Å². The van der Waals surface area contributed by atoms with Crippen LogP contribution in [0.2, 0.25) is 0 Å². The third-order valence-corrected chi connectivity index (χ3v) is 2.66. The van der Waals surface area contributed by atoms with E-state index in [1.54, 1.807) is 0 Å². The van der Waals surface area contributed by atoms with Gasteiger partial charge in [0.25, 0.3) is 0 Å². The molecule has 70 valence electrons. The van der Waals surface area contributed by atoms with Gasteiger partial charge in [0, 0.05) is 11.4 Å². The Morgan fingerprint density at radius 1 is 1.23 bits per heavy atom. The van der Waals surface area contributed by atoms with Crippen LogP contribution in [0.3, 0.4) is 0 Å². The lowest BCUT2D eigenvalue weighted by Gasteiger charge is -1.98. The van der Waals surface area contributed by atoms with Crippen molar-refractivity contribution in [1.82, 2.24) is 4.98 Å². The Bertz CT molecular complexity index is 307. The van der Waals surface area contributed by atoms with Crippen LogP contribution in [0.4, 0.5) is 0 Å². The van der Waals surface area contributed by atoms with Crippen LogP contribution in [-0.2, 0) is 6.42 Å². The molecule has 0 saturated carbocycles. The lowest BCUT2D eigenvalue weighted by molar-refractivity contribution is 0.683. The number of hydrogen-bond donors (Lipinski definition) is 1. The summed E-state index contributed by atoms with van der Waals surface area (Å²) in [6.45, 7) is 2.13. The van der Waals surface area contributed by atoms with Crippen molar-refractivity contribution in [2.75, 3.05) is 0 Å². The number of aryl methyl sites for hydroxylation is 2. The second kappa shape index (κ2) is 3.82. The first kappa shape index (κ1) is 8.61. The summed E-state index contributed by atoms with van der Waals surface area (Å²) in [4.78, 5) is 3.44. The van der Waals surface area contributed by atoms with Crippen molar-refractivity contribution in [3.05, 3.63) is 29.1 Å². The monoisotopic (exact) mass is 175 g/mol. The number of aromatic nitrogens is 1. The maximum absolute atomic E-state index is 3.44. The number of nitrogens with one attached hydrogen (secondary N) is 1. The first-order chi connectivity index (χ1) is 6.36. The van der Waals surface area contributed by atoms with Crippen molar-refractivity contribution in [1.29, 1.82) is 0 Å². The fourth-order valence-electron chi connectivity index (χ4n) is 1.97. The van der Waals surface area contributed by atoms with Gasteiger partial charge in [-0.2, -0.15) is 0 Å². The van der Waals surface area contributed by atoms with E-state index in [9.17, 15) is 0 Å². The van der Waals surface area contributed by atoms with E-state index in [0.29, 0.717) is 0 Å². The third kappa shape index (κ3) is 2.03. The Labute approximate surface area is 79.9 Å². The molecule has 0 radical (unpaired) electrons. The largest absolute Gasteiger partial charge is 0.362 e. The minimum Gasteiger partial charge on any atom is -0.362 e. The topological polar surface area (TPSA) is 15.8 Å². The molecule has 13 heavy (non-hydrogen) atoms. The summed E-state index contributed by atoms with van der Waals surface area (Å²) in [5.41, 5.74) is 4.12. The zero-order valence-electron chi connectivity index (χ0n) is 8.27. The van der Waals surface area contributed by atoms with Crippen molar-refractivity contribution in [2.45, 2.75) is 39.0 Å². The molecule has 0 aliphatic heterocycles. The number of fused-ring (bicyclic) bond motifs is 1. The SMILES string of the molecule is Cc1cc2c([nH]1)CCCCC/C=C\2. The molecular weight excluding hydrogens is 158 g/mol. The Kier molecular flexibility index (Phi) is 2.53. The maximum atomic E-state index is 3.44. The van der Waals surface area contributed by atoms with E-state index in [4.69, 9.17) is 0 Å². The van der Waals surface area contributed by atoms with E-state index < -0.39 is 0 Å². The molecule has 0 spiro atoms. The first-order valence-electron chi connectivity index (χ1n) is 5.21. The third-order valence-electron chi connectivity index (χ3n) is 2.66. The average molecular weight is 175 g/mol. The van der Waals surface area contributed by atoms with E-state index in [1.165, 1.54) is 49.1 Å². The number of aromatic amines is 1. The second-order valence-electron chi connectivity index (χ2n) is 3.89. The summed E-state index contributed by atoms with van der Waals surface area (Å²) in [7, 11) is 0. The van der Waals surface area contributed by atoms with Crippen LogP contribution < -0.4 is 0 Å². The fourth-order valence-corrected chi connectivity index (χ4v) is 1.97. The standard InChI is InChI=1S/C12H17N/c1-10-9-11-7-5-3-2-4-6-8-12(11)13-10/h5,7,9,13H,2-4,6,8H2,1H3/b7-5-. The number of H-pyrrole nitrogens is 1. The average Bonchev–Trinajstić information content (AvgIpc) is 2.46. The zero-order chi connectivity index (χ0) is 9.10. The minimum absolute atomic E-state index is 1.22. The lowest BCUT2D eigenvalue weighted by Crippen LogP contribution is -1.87. The Hall–Kier alpha value is -0.980. The van der Waals surface area contributed by atoms with Gasteiger partial charge >= 0.3 is 0 Å². The molecule has 1 aromatic rings. The highest BCUT2D eigenvalue weighted by Crippen LogP contribution is 2.18. The molecule has 1 heterocycles. The molecule has 0 bridgehead atoms. The maximum Gasteiger partial charge on any atom is 0.0222 e. The normalized spacial score (nSPS) is 19.8. The van der Waals surface area contributed by atoms with Gasteiger partial charge in [-0.15, -0.1) is 0 Å². The second-order valence-corrected chi connectivity index (χ2v) is 3.89. The van der Waals surface area contributed by atoms with Gasteiger partial charge in [-0.05, 0) is 44.2 Å². The molecule has 1 aromatic heterocycles. The van der Waals surface area contributed by atoms with Crippen LogP contribution in [-0.4, -0.2) is 4.98 Å². The van der Waals surface area contributed by atoms with Crippen LogP contribution in [0.1, 0.15) is 42.6 Å². The molecule has 0 saturated heterocycles. The van der Waals surface area contributed by atoms with Crippen molar-refractivity contribution in [2.24, 2.45) is 0 Å². The molecule has 0 amide bonds. The Morgan fingerprint density at radius 2 is 2.15 bits per heavy atom. The van der Waals surface area contributed by atoms with Crippen LogP contribution in [0, 0.1) is 6.92 Å². The summed E-state index contributed by atoms with van der Waals surface area (Å²) >= 11 is 0. The van der Waals surface area contributed by atoms with Gasteiger partial charge in [0.15, 0.2) is 0 Å². The van der Waals surface area contributed by atoms with E-state index >= 15 is 0 Å². The molecule has 0 unspecified atom stereocenters. The smallest absolute Gasteiger partial charge is 0.0222 e. The van der Waals surface area contributed by atoms with Gasteiger partial charge < -0.3 is 4.98 Å². The molecule has 1 aliphatic carbocycles. The molecule has 1 aliphatic rings. The first-order valence-corrected chi connectivity index (χ1v) is 5.21. The van der Waals surface area contributed by atoms with E-state index in [0.717, 1.165) is 0 Å². The molecular formula is C12H17N. The van der Waals surface area contributed by atoms with Gasteiger partial charge in [-0.25, -0.2) is 0 Å². The van der Waals surface area contributed by atoms with Crippen LogP contribution in [0.25, 0.3) is 6.08 Å². The molecule has 0 aromatic carbocycles. The predicted molar refractivity (Wildman–Crippen MR) is 56.7 cm³/mol. The van der Waals surface area contributed by atoms with E-state index in [-0.39, 0.29) is 0 Å². The summed E-state index contributed by atoms with van der Waals surface area (Å²) in [6, 6.07) is 2.25. The van der Waals surface area contributed by atoms with Gasteiger partial charge in [0.2, 0.25) is 0 Å². The van der Waals surface area contributed by atoms with Gasteiger partial charge in [-0.3, -0.25) is 0 Å². The molecule has 0 fully saturated rings.